The summed E-state index contributed by atoms with van der Waals surface area (Å²) in [5.41, 5.74) is 0. The standard InChI is InChI=1S/4CH3.4Cu.H2N/h4*1H3;;;;;1H2/q4*-1;;;;+1;-1. The van der Waals surface area contributed by atoms with Crippen LogP contribution in [-0.4, -0.2) is 0 Å². The minimum Gasteiger partial charge on any atom is -0.693 e. The molecular weight excluding hydrogens is 316 g/mol. The van der Waals surface area contributed by atoms with E-state index in [1.165, 1.54) is 0 Å². The van der Waals surface area contributed by atoms with Gasteiger partial charge in [0.05, 0.1) is 0 Å². The SMILES string of the molecule is [CH3-].[CH3-].[CH3-].[CH3-].[Cu+].[Cu].[Cu].[Cu].[NH2-]. The van der Waals surface area contributed by atoms with E-state index in [9.17, 15) is 0 Å². The zero-order chi connectivity index (χ0) is 0. The van der Waals surface area contributed by atoms with Crippen LogP contribution in [0.4, 0.5) is 0 Å². The maximum atomic E-state index is 0. The minimum atomic E-state index is 0. The second-order valence-corrected chi connectivity index (χ2v) is 0. The third-order valence-electron chi connectivity index (χ3n) is 0. The van der Waals surface area contributed by atoms with Crippen molar-refractivity contribution >= 4 is 0 Å². The zero-order valence-corrected chi connectivity index (χ0v) is 9.55. The van der Waals surface area contributed by atoms with Gasteiger partial charge in [0, 0.05) is 51.2 Å². The van der Waals surface area contributed by atoms with Crippen LogP contribution in [0, 0.1) is 29.7 Å². The van der Waals surface area contributed by atoms with Crippen LogP contribution in [0.25, 0.3) is 6.15 Å². The van der Waals surface area contributed by atoms with E-state index < -0.39 is 0 Å². The van der Waals surface area contributed by atoms with Gasteiger partial charge in [0.1, 0.15) is 0 Å². The van der Waals surface area contributed by atoms with Gasteiger partial charge in [-0.15, -0.1) is 0 Å². The van der Waals surface area contributed by atoms with Crippen molar-refractivity contribution in [3.8, 4) is 0 Å². The van der Waals surface area contributed by atoms with E-state index >= 15 is 0 Å². The molecule has 83 valence electrons. The van der Waals surface area contributed by atoms with E-state index in [0.29, 0.717) is 0 Å². The first-order valence-corrected chi connectivity index (χ1v) is 0. The Balaban J connectivity index is 0. The third-order valence-corrected chi connectivity index (χ3v) is 0. The first-order chi connectivity index (χ1) is 0. The van der Waals surface area contributed by atoms with Gasteiger partial charge in [-0.25, -0.2) is 0 Å². The number of hydrogen-bond acceptors (Lipinski definition) is 0. The van der Waals surface area contributed by atoms with Crippen molar-refractivity contribution in [2.24, 2.45) is 0 Å². The van der Waals surface area contributed by atoms with Crippen molar-refractivity contribution in [1.82, 2.24) is 0 Å². The summed E-state index contributed by atoms with van der Waals surface area (Å²) < 4.78 is 0. The summed E-state index contributed by atoms with van der Waals surface area (Å²) in [4.78, 5) is 0. The second-order valence-electron chi connectivity index (χ2n) is 0. The van der Waals surface area contributed by atoms with Gasteiger partial charge in [-0.1, -0.05) is 0 Å². The van der Waals surface area contributed by atoms with Crippen LogP contribution in [0.5, 0.6) is 0 Å². The second kappa shape index (κ2) is 197. The first kappa shape index (κ1) is 268. The Hall–Kier alpha value is 2.04. The molecule has 9 heavy (non-hydrogen) atoms. The van der Waals surface area contributed by atoms with Crippen molar-refractivity contribution in [2.75, 3.05) is 0 Å². The first-order valence-electron chi connectivity index (χ1n) is 0. The Morgan fingerprint density at radius 1 is 0.444 bits per heavy atom. The van der Waals surface area contributed by atoms with Crippen LogP contribution in [-0.2, 0) is 68.3 Å². The molecule has 0 fully saturated rings. The molecule has 0 unspecified atom stereocenters. The van der Waals surface area contributed by atoms with Gasteiger partial charge in [-0.2, -0.15) is 0 Å². The summed E-state index contributed by atoms with van der Waals surface area (Å²) in [5, 5.41) is 0. The molecule has 0 rings (SSSR count). The fraction of sp³-hybridized carbons (Fsp3) is 0. The number of nitrogens with two attached hydrogens (primary N) is 1. The molecule has 3 radical (unpaired) electrons. The molecule has 0 aliphatic heterocycles. The molecular formula is C4H14Cu4N-4. The quantitative estimate of drug-likeness (QED) is 0.483. The Morgan fingerprint density at radius 2 is 0.444 bits per heavy atom. The Labute approximate surface area is 103 Å². The smallest absolute Gasteiger partial charge is 0.693 e. The summed E-state index contributed by atoms with van der Waals surface area (Å²) >= 11 is 0. The van der Waals surface area contributed by atoms with Gasteiger partial charge in [0.15, 0.2) is 0 Å². The molecule has 1 nitrogen and oxygen atoms in total. The van der Waals surface area contributed by atoms with Crippen molar-refractivity contribution < 1.29 is 68.3 Å². The molecule has 0 bridgehead atoms. The predicted octanol–water partition coefficient (Wildman–Crippen LogP) is 2.51. The normalized spacial score (nSPS) is 0. The predicted molar refractivity (Wildman–Crippen MR) is 30.9 cm³/mol. The summed E-state index contributed by atoms with van der Waals surface area (Å²) in [5.74, 6) is 0. The zero-order valence-electron chi connectivity index (χ0n) is 5.78. The van der Waals surface area contributed by atoms with Crippen molar-refractivity contribution in [3.05, 3.63) is 35.9 Å². The monoisotopic (exact) mass is 328 g/mol. The molecule has 0 aromatic heterocycles. The van der Waals surface area contributed by atoms with E-state index in [-0.39, 0.29) is 104 Å². The van der Waals surface area contributed by atoms with Crippen LogP contribution < -0.4 is 0 Å². The fourth-order valence-corrected chi connectivity index (χ4v) is 0. The maximum Gasteiger partial charge on any atom is 1.00 e. The van der Waals surface area contributed by atoms with Gasteiger partial charge in [0.2, 0.25) is 0 Å². The van der Waals surface area contributed by atoms with E-state index in [4.69, 9.17) is 0 Å². The molecule has 0 atom stereocenters. The molecule has 2 N–H and O–H groups in total. The molecule has 0 saturated heterocycles. The number of rotatable bonds is 0. The maximum absolute atomic E-state index is 0. The van der Waals surface area contributed by atoms with Gasteiger partial charge in [-0.05, 0) is 0 Å². The van der Waals surface area contributed by atoms with Gasteiger partial charge in [-0.3, -0.25) is 0 Å². The average Bonchev–Trinajstić information content (AvgIpc) is 0. The Bertz CT molecular complexity index is 12.5. The average molecular weight is 330 g/mol. The molecule has 5 heteroatoms. The van der Waals surface area contributed by atoms with Gasteiger partial charge < -0.3 is 35.9 Å². The number of hydrogen-bond donors (Lipinski definition) is 0. The molecule has 0 amide bonds. The topological polar surface area (TPSA) is 33.5 Å². The van der Waals surface area contributed by atoms with E-state index in [1.54, 1.807) is 0 Å². The Kier molecular flexibility index (Phi) is 5870. The summed E-state index contributed by atoms with van der Waals surface area (Å²) in [6, 6.07) is 0. The molecule has 0 aromatic rings. The molecule has 0 aliphatic carbocycles. The van der Waals surface area contributed by atoms with Crippen LogP contribution in [0.15, 0.2) is 0 Å². The van der Waals surface area contributed by atoms with E-state index in [0.717, 1.165) is 0 Å². The van der Waals surface area contributed by atoms with Crippen LogP contribution >= 0.6 is 0 Å². The molecule has 0 aromatic carbocycles. The van der Waals surface area contributed by atoms with Gasteiger partial charge >= 0.3 is 17.1 Å². The van der Waals surface area contributed by atoms with E-state index in [2.05, 4.69) is 0 Å². The molecule has 0 spiro atoms. The Morgan fingerprint density at radius 3 is 0.444 bits per heavy atom. The fourth-order valence-electron chi connectivity index (χ4n) is 0. The molecule has 0 saturated carbocycles. The van der Waals surface area contributed by atoms with Crippen molar-refractivity contribution in [1.29, 1.82) is 0 Å². The summed E-state index contributed by atoms with van der Waals surface area (Å²) in [7, 11) is 0. The van der Waals surface area contributed by atoms with Crippen molar-refractivity contribution in [3.63, 3.8) is 0 Å². The third kappa shape index (κ3) is 156. The van der Waals surface area contributed by atoms with Crippen molar-refractivity contribution in [2.45, 2.75) is 0 Å². The van der Waals surface area contributed by atoms with Crippen LogP contribution in [0.3, 0.4) is 0 Å². The van der Waals surface area contributed by atoms with Crippen LogP contribution in [0.2, 0.25) is 0 Å². The van der Waals surface area contributed by atoms with E-state index in [1.807, 2.05) is 0 Å². The minimum absolute atomic E-state index is 0. The van der Waals surface area contributed by atoms with Crippen LogP contribution in [0.1, 0.15) is 0 Å². The summed E-state index contributed by atoms with van der Waals surface area (Å²) in [6.07, 6.45) is 0. The summed E-state index contributed by atoms with van der Waals surface area (Å²) in [6.45, 7) is 0. The largest absolute Gasteiger partial charge is 1.00 e. The van der Waals surface area contributed by atoms with Gasteiger partial charge in [0.25, 0.3) is 0 Å². The molecule has 0 heterocycles. The molecule has 0 aliphatic rings.